The van der Waals surface area contributed by atoms with Crippen LogP contribution in [0.3, 0.4) is 0 Å². The van der Waals surface area contributed by atoms with Gasteiger partial charge in [0.2, 0.25) is 0 Å². The van der Waals surface area contributed by atoms with E-state index < -0.39 is 0 Å². The Labute approximate surface area is 129 Å². The number of hydrogen-bond acceptors (Lipinski definition) is 3. The van der Waals surface area contributed by atoms with Crippen molar-refractivity contribution in [2.45, 2.75) is 39.2 Å². The molecule has 2 rings (SSSR count). The van der Waals surface area contributed by atoms with E-state index in [1.54, 1.807) is 7.11 Å². The van der Waals surface area contributed by atoms with Gasteiger partial charge < -0.3 is 10.1 Å². The van der Waals surface area contributed by atoms with E-state index in [1.165, 1.54) is 51.0 Å². The summed E-state index contributed by atoms with van der Waals surface area (Å²) >= 11 is 0. The van der Waals surface area contributed by atoms with Gasteiger partial charge in [0, 0.05) is 12.6 Å². The fourth-order valence-electron chi connectivity index (χ4n) is 3.24. The lowest BCUT2D eigenvalue weighted by Crippen LogP contribution is -2.37. The monoisotopic (exact) mass is 290 g/mol. The molecule has 1 N–H and O–H groups in total. The van der Waals surface area contributed by atoms with Crippen LogP contribution >= 0.6 is 0 Å². The molecule has 3 nitrogen and oxygen atoms in total. The highest BCUT2D eigenvalue weighted by atomic mass is 16.5. The molecule has 1 heterocycles. The van der Waals surface area contributed by atoms with Crippen LogP contribution in [0.15, 0.2) is 24.3 Å². The average Bonchev–Trinajstić information content (AvgIpc) is 2.55. The van der Waals surface area contributed by atoms with Crippen LogP contribution in [-0.2, 0) is 0 Å². The Kier molecular flexibility index (Phi) is 6.52. The minimum absolute atomic E-state index is 0.454. The third kappa shape index (κ3) is 4.72. The van der Waals surface area contributed by atoms with Gasteiger partial charge in [-0.15, -0.1) is 0 Å². The number of rotatable bonds is 7. The summed E-state index contributed by atoms with van der Waals surface area (Å²) in [7, 11) is 1.74. The molecule has 1 aliphatic heterocycles. The first-order chi connectivity index (χ1) is 10.2. The van der Waals surface area contributed by atoms with Gasteiger partial charge in [-0.05, 0) is 69.4 Å². The average molecular weight is 290 g/mol. The van der Waals surface area contributed by atoms with Crippen molar-refractivity contribution in [3.05, 3.63) is 29.8 Å². The smallest absolute Gasteiger partial charge is 0.119 e. The number of ether oxygens (including phenoxy) is 1. The highest BCUT2D eigenvalue weighted by Crippen LogP contribution is 2.26. The van der Waals surface area contributed by atoms with Crippen molar-refractivity contribution in [2.24, 2.45) is 5.92 Å². The second-order valence-electron chi connectivity index (χ2n) is 6.14. The van der Waals surface area contributed by atoms with Crippen molar-refractivity contribution in [1.82, 2.24) is 10.2 Å². The van der Waals surface area contributed by atoms with Gasteiger partial charge >= 0.3 is 0 Å². The molecule has 0 spiro atoms. The number of nitrogens with zero attached hydrogens (tertiary/aromatic N) is 1. The zero-order chi connectivity index (χ0) is 15.1. The molecule has 0 amide bonds. The SMILES string of the molecule is CCCN(CC1CCNCC1)C(C)c1cccc(OC)c1. The van der Waals surface area contributed by atoms with E-state index in [4.69, 9.17) is 4.74 Å². The second-order valence-corrected chi connectivity index (χ2v) is 6.14. The third-order valence-electron chi connectivity index (χ3n) is 4.59. The molecule has 1 fully saturated rings. The number of nitrogens with one attached hydrogen (secondary N) is 1. The highest BCUT2D eigenvalue weighted by molar-refractivity contribution is 5.30. The van der Waals surface area contributed by atoms with Crippen LogP contribution in [0.25, 0.3) is 0 Å². The van der Waals surface area contributed by atoms with E-state index in [0.29, 0.717) is 6.04 Å². The highest BCUT2D eigenvalue weighted by Gasteiger charge is 2.21. The van der Waals surface area contributed by atoms with E-state index in [9.17, 15) is 0 Å². The predicted octanol–water partition coefficient (Wildman–Crippen LogP) is 3.47. The molecular formula is C18H30N2O. The number of benzene rings is 1. The lowest BCUT2D eigenvalue weighted by atomic mass is 9.96. The van der Waals surface area contributed by atoms with Gasteiger partial charge in [-0.25, -0.2) is 0 Å². The third-order valence-corrected chi connectivity index (χ3v) is 4.59. The fraction of sp³-hybridized carbons (Fsp3) is 0.667. The molecule has 0 aromatic heterocycles. The molecule has 1 aromatic rings. The van der Waals surface area contributed by atoms with Crippen LogP contribution in [-0.4, -0.2) is 38.2 Å². The van der Waals surface area contributed by atoms with E-state index in [1.807, 2.05) is 6.07 Å². The number of piperidine rings is 1. The molecule has 0 saturated carbocycles. The molecule has 21 heavy (non-hydrogen) atoms. The molecule has 0 aliphatic carbocycles. The van der Waals surface area contributed by atoms with E-state index in [-0.39, 0.29) is 0 Å². The maximum absolute atomic E-state index is 5.37. The lowest BCUT2D eigenvalue weighted by molar-refractivity contribution is 0.161. The number of methoxy groups -OCH3 is 1. The Morgan fingerprint density at radius 2 is 2.10 bits per heavy atom. The largest absolute Gasteiger partial charge is 0.497 e. The van der Waals surface area contributed by atoms with Gasteiger partial charge in [0.05, 0.1) is 7.11 Å². The molecule has 0 radical (unpaired) electrons. The summed E-state index contributed by atoms with van der Waals surface area (Å²) in [5.74, 6) is 1.79. The van der Waals surface area contributed by atoms with Crippen LogP contribution in [0.1, 0.15) is 44.7 Å². The maximum atomic E-state index is 5.37. The summed E-state index contributed by atoms with van der Waals surface area (Å²) in [5, 5.41) is 3.46. The molecule has 1 atom stereocenters. The Morgan fingerprint density at radius 1 is 1.33 bits per heavy atom. The van der Waals surface area contributed by atoms with Gasteiger partial charge in [-0.2, -0.15) is 0 Å². The van der Waals surface area contributed by atoms with Gasteiger partial charge in [-0.3, -0.25) is 4.90 Å². The first-order valence-corrected chi connectivity index (χ1v) is 8.33. The summed E-state index contributed by atoms with van der Waals surface area (Å²) in [6.45, 7) is 9.34. The summed E-state index contributed by atoms with van der Waals surface area (Å²) in [4.78, 5) is 2.64. The van der Waals surface area contributed by atoms with Crippen molar-refractivity contribution >= 4 is 0 Å². The Hall–Kier alpha value is -1.06. The zero-order valence-electron chi connectivity index (χ0n) is 13.8. The molecule has 1 saturated heterocycles. The maximum Gasteiger partial charge on any atom is 0.119 e. The Morgan fingerprint density at radius 3 is 2.76 bits per heavy atom. The lowest BCUT2D eigenvalue weighted by Gasteiger charge is -2.34. The van der Waals surface area contributed by atoms with Crippen molar-refractivity contribution in [1.29, 1.82) is 0 Å². The molecule has 3 heteroatoms. The summed E-state index contributed by atoms with van der Waals surface area (Å²) in [6, 6.07) is 8.97. The Bertz CT molecular complexity index is 415. The van der Waals surface area contributed by atoms with Crippen LogP contribution in [0.2, 0.25) is 0 Å². The first kappa shape index (κ1) is 16.3. The quantitative estimate of drug-likeness (QED) is 0.832. The molecule has 1 unspecified atom stereocenters. The fourth-order valence-corrected chi connectivity index (χ4v) is 3.24. The minimum Gasteiger partial charge on any atom is -0.497 e. The number of hydrogen-bond donors (Lipinski definition) is 1. The van der Waals surface area contributed by atoms with Crippen LogP contribution in [0.4, 0.5) is 0 Å². The first-order valence-electron chi connectivity index (χ1n) is 8.33. The molecule has 0 bridgehead atoms. The van der Waals surface area contributed by atoms with Crippen molar-refractivity contribution in [3.8, 4) is 5.75 Å². The summed E-state index contributed by atoms with van der Waals surface area (Å²) in [5.41, 5.74) is 1.36. The van der Waals surface area contributed by atoms with Gasteiger partial charge in [0.1, 0.15) is 5.75 Å². The van der Waals surface area contributed by atoms with E-state index >= 15 is 0 Å². The zero-order valence-corrected chi connectivity index (χ0v) is 13.8. The minimum atomic E-state index is 0.454. The predicted molar refractivity (Wildman–Crippen MR) is 88.9 cm³/mol. The van der Waals surface area contributed by atoms with Crippen LogP contribution in [0.5, 0.6) is 5.75 Å². The van der Waals surface area contributed by atoms with Crippen molar-refractivity contribution < 1.29 is 4.74 Å². The summed E-state index contributed by atoms with van der Waals surface area (Å²) < 4.78 is 5.37. The van der Waals surface area contributed by atoms with Gasteiger partial charge in [-0.1, -0.05) is 19.1 Å². The molecule has 1 aromatic carbocycles. The van der Waals surface area contributed by atoms with Crippen molar-refractivity contribution in [3.63, 3.8) is 0 Å². The van der Waals surface area contributed by atoms with E-state index in [2.05, 4.69) is 42.3 Å². The molecule has 118 valence electrons. The normalized spacial score (nSPS) is 17.9. The Balaban J connectivity index is 2.04. The van der Waals surface area contributed by atoms with Crippen molar-refractivity contribution in [2.75, 3.05) is 33.3 Å². The van der Waals surface area contributed by atoms with E-state index in [0.717, 1.165) is 11.7 Å². The van der Waals surface area contributed by atoms with Crippen LogP contribution < -0.4 is 10.1 Å². The molecule has 1 aliphatic rings. The van der Waals surface area contributed by atoms with Gasteiger partial charge in [0.25, 0.3) is 0 Å². The second kappa shape index (κ2) is 8.40. The standard InChI is InChI=1S/C18H30N2O/c1-4-12-20(14-16-8-10-19-11-9-16)15(2)17-6-5-7-18(13-17)21-3/h5-7,13,15-16,19H,4,8-12,14H2,1-3H3. The summed E-state index contributed by atoms with van der Waals surface area (Å²) in [6.07, 6.45) is 3.83. The topological polar surface area (TPSA) is 24.5 Å². The van der Waals surface area contributed by atoms with Gasteiger partial charge in [0.15, 0.2) is 0 Å². The van der Waals surface area contributed by atoms with Crippen LogP contribution in [0, 0.1) is 5.92 Å². The molecular weight excluding hydrogens is 260 g/mol.